The van der Waals surface area contributed by atoms with E-state index in [1.54, 1.807) is 0 Å². The fourth-order valence-corrected chi connectivity index (χ4v) is 2.11. The number of amides is 2. The lowest BCUT2D eigenvalue weighted by Crippen LogP contribution is -2.48. The van der Waals surface area contributed by atoms with Gasteiger partial charge >= 0.3 is 0 Å². The first-order valence-corrected chi connectivity index (χ1v) is 5.92. The van der Waals surface area contributed by atoms with E-state index in [0.29, 0.717) is 11.8 Å². The molecule has 2 aliphatic rings. The van der Waals surface area contributed by atoms with Gasteiger partial charge in [-0.3, -0.25) is 9.59 Å². The Morgan fingerprint density at radius 1 is 1.18 bits per heavy atom. The van der Waals surface area contributed by atoms with Crippen LogP contribution in [0.15, 0.2) is 0 Å². The maximum atomic E-state index is 11.7. The van der Waals surface area contributed by atoms with Crippen molar-refractivity contribution in [3.8, 4) is 0 Å². The fourth-order valence-electron chi connectivity index (χ4n) is 2.11. The number of nitrogens with one attached hydrogen (secondary N) is 1. The number of hydrogen-bond donors (Lipinski definition) is 3. The van der Waals surface area contributed by atoms with Gasteiger partial charge in [0.2, 0.25) is 11.8 Å². The lowest BCUT2D eigenvalue weighted by atomic mass is 10.1. The van der Waals surface area contributed by atoms with E-state index >= 15 is 0 Å². The minimum Gasteiger partial charge on any atom is -0.370 e. The van der Waals surface area contributed by atoms with Crippen LogP contribution in [-0.2, 0) is 9.59 Å². The molecule has 5 N–H and O–H groups in total. The molecule has 1 unspecified atom stereocenters. The highest BCUT2D eigenvalue weighted by Gasteiger charge is 2.42. The van der Waals surface area contributed by atoms with Gasteiger partial charge < -0.3 is 16.8 Å². The quantitative estimate of drug-likeness (QED) is 0.623. The zero-order valence-electron chi connectivity index (χ0n) is 9.72. The molecule has 5 nitrogen and oxygen atoms in total. The van der Waals surface area contributed by atoms with E-state index in [4.69, 9.17) is 11.5 Å². The Labute approximate surface area is 107 Å². The molecule has 0 aromatic rings. The Hall–Kier alpha value is -0.810. The highest BCUT2D eigenvalue weighted by atomic mass is 35.5. The highest BCUT2D eigenvalue weighted by molar-refractivity contribution is 5.87. The van der Waals surface area contributed by atoms with Crippen molar-refractivity contribution in [1.82, 2.24) is 5.32 Å². The molecule has 0 bridgehead atoms. The average Bonchev–Trinajstić information content (AvgIpc) is 3.03. The van der Waals surface area contributed by atoms with Crippen LogP contribution >= 0.6 is 12.4 Å². The number of carbonyl (C=O) groups excluding carboxylic acids is 2. The minimum absolute atomic E-state index is 0. The van der Waals surface area contributed by atoms with Gasteiger partial charge in [0.1, 0.15) is 0 Å². The van der Waals surface area contributed by atoms with Crippen LogP contribution in [0.2, 0.25) is 0 Å². The van der Waals surface area contributed by atoms with E-state index in [2.05, 4.69) is 5.32 Å². The Balaban J connectivity index is 0.00000144. The van der Waals surface area contributed by atoms with Gasteiger partial charge in [0.25, 0.3) is 0 Å². The second-order valence-electron chi connectivity index (χ2n) is 4.99. The Morgan fingerprint density at radius 2 is 1.65 bits per heavy atom. The van der Waals surface area contributed by atoms with Gasteiger partial charge in [0.05, 0.1) is 12.5 Å². The van der Waals surface area contributed by atoms with Crippen LogP contribution in [0.5, 0.6) is 0 Å². The number of nitrogens with two attached hydrogens (primary N) is 2. The van der Waals surface area contributed by atoms with Crippen LogP contribution in [0.3, 0.4) is 0 Å². The van der Waals surface area contributed by atoms with Crippen LogP contribution in [0.1, 0.15) is 32.1 Å². The third-order valence-corrected chi connectivity index (χ3v) is 3.33. The smallest absolute Gasteiger partial charge is 0.237 e. The second kappa shape index (κ2) is 5.69. The van der Waals surface area contributed by atoms with Crippen LogP contribution in [0.25, 0.3) is 0 Å². The van der Waals surface area contributed by atoms with E-state index < -0.39 is 11.9 Å². The normalized spacial score (nSPS) is 20.6. The van der Waals surface area contributed by atoms with E-state index in [1.165, 1.54) is 25.7 Å². The molecule has 0 aliphatic heterocycles. The molecule has 98 valence electrons. The molecular weight excluding hydrogens is 242 g/mol. The topological polar surface area (TPSA) is 98.2 Å². The Kier molecular flexibility index (Phi) is 4.77. The van der Waals surface area contributed by atoms with Gasteiger partial charge in [-0.25, -0.2) is 0 Å². The summed E-state index contributed by atoms with van der Waals surface area (Å²) >= 11 is 0. The summed E-state index contributed by atoms with van der Waals surface area (Å²) in [5.41, 5.74) is 10.6. The summed E-state index contributed by atoms with van der Waals surface area (Å²) in [5, 5.41) is 2.97. The van der Waals surface area contributed by atoms with Crippen molar-refractivity contribution in [3.63, 3.8) is 0 Å². The molecule has 17 heavy (non-hydrogen) atoms. The van der Waals surface area contributed by atoms with Crippen molar-refractivity contribution in [2.24, 2.45) is 23.3 Å². The lowest BCUT2D eigenvalue weighted by Gasteiger charge is -2.19. The number of carbonyl (C=O) groups is 2. The first kappa shape index (κ1) is 14.3. The van der Waals surface area contributed by atoms with Crippen molar-refractivity contribution in [2.75, 3.05) is 0 Å². The molecule has 2 fully saturated rings. The molecule has 0 aromatic heterocycles. The third-order valence-electron chi connectivity index (χ3n) is 3.33. The van der Waals surface area contributed by atoms with Gasteiger partial charge in [0, 0.05) is 6.04 Å². The molecule has 0 aromatic carbocycles. The first-order valence-electron chi connectivity index (χ1n) is 5.92. The Bertz CT molecular complexity index is 291. The van der Waals surface area contributed by atoms with Gasteiger partial charge in [0.15, 0.2) is 0 Å². The molecule has 2 saturated carbocycles. The van der Waals surface area contributed by atoms with Gasteiger partial charge in [-0.1, -0.05) is 0 Å². The molecule has 0 spiro atoms. The molecule has 2 amide bonds. The zero-order valence-corrected chi connectivity index (χ0v) is 10.5. The van der Waals surface area contributed by atoms with Crippen molar-refractivity contribution in [3.05, 3.63) is 0 Å². The highest BCUT2D eigenvalue weighted by Crippen LogP contribution is 2.44. The Morgan fingerprint density at radius 3 is 2.00 bits per heavy atom. The molecule has 0 heterocycles. The molecule has 6 heteroatoms. The largest absolute Gasteiger partial charge is 0.370 e. The number of primary amides is 1. The van der Waals surface area contributed by atoms with Crippen molar-refractivity contribution in [1.29, 1.82) is 0 Å². The summed E-state index contributed by atoms with van der Waals surface area (Å²) in [5.74, 6) is 0.508. The predicted octanol–water partition coefficient (Wildman–Crippen LogP) is -0.0843. The van der Waals surface area contributed by atoms with E-state index in [1.807, 2.05) is 0 Å². The number of halogens is 1. The van der Waals surface area contributed by atoms with Gasteiger partial charge in [-0.15, -0.1) is 12.4 Å². The summed E-state index contributed by atoms with van der Waals surface area (Å²) in [7, 11) is 0. The van der Waals surface area contributed by atoms with Crippen LogP contribution in [0, 0.1) is 11.8 Å². The first-order chi connectivity index (χ1) is 7.58. The van der Waals surface area contributed by atoms with Gasteiger partial charge in [-0.2, -0.15) is 0 Å². The van der Waals surface area contributed by atoms with Crippen molar-refractivity contribution < 1.29 is 9.59 Å². The monoisotopic (exact) mass is 261 g/mol. The zero-order chi connectivity index (χ0) is 11.7. The fraction of sp³-hybridized carbons (Fsp3) is 0.818. The molecule has 0 radical (unpaired) electrons. The van der Waals surface area contributed by atoms with Crippen LogP contribution < -0.4 is 16.8 Å². The molecular formula is C11H20ClN3O2. The summed E-state index contributed by atoms with van der Waals surface area (Å²) in [6.45, 7) is 0. The number of rotatable bonds is 6. The van der Waals surface area contributed by atoms with Crippen molar-refractivity contribution >= 4 is 24.2 Å². The van der Waals surface area contributed by atoms with Gasteiger partial charge in [-0.05, 0) is 37.5 Å². The predicted molar refractivity (Wildman–Crippen MR) is 66.4 cm³/mol. The average molecular weight is 262 g/mol. The van der Waals surface area contributed by atoms with Crippen LogP contribution in [0.4, 0.5) is 0 Å². The summed E-state index contributed by atoms with van der Waals surface area (Å²) in [6.07, 6.45) is 4.73. The SMILES string of the molecule is Cl.NC(=O)CC(N)C(=O)NC(C1CC1)C1CC1. The minimum atomic E-state index is -0.794. The lowest BCUT2D eigenvalue weighted by molar-refractivity contribution is -0.127. The molecule has 2 rings (SSSR count). The maximum Gasteiger partial charge on any atom is 0.237 e. The van der Waals surface area contributed by atoms with E-state index in [0.717, 1.165) is 0 Å². The van der Waals surface area contributed by atoms with E-state index in [9.17, 15) is 9.59 Å². The standard InChI is InChI=1S/C11H19N3O2.ClH/c12-8(5-9(13)15)11(16)14-10(6-1-2-6)7-3-4-7;/h6-8,10H,1-5,12H2,(H2,13,15)(H,14,16);1H. The van der Waals surface area contributed by atoms with E-state index in [-0.39, 0.29) is 30.8 Å². The number of hydrogen-bond acceptors (Lipinski definition) is 3. The summed E-state index contributed by atoms with van der Waals surface area (Å²) in [4.78, 5) is 22.4. The third kappa shape index (κ3) is 4.16. The van der Waals surface area contributed by atoms with Crippen LogP contribution in [-0.4, -0.2) is 23.9 Å². The molecule has 2 aliphatic carbocycles. The second-order valence-corrected chi connectivity index (χ2v) is 4.99. The maximum absolute atomic E-state index is 11.7. The summed E-state index contributed by atoms with van der Waals surface area (Å²) < 4.78 is 0. The molecule has 1 atom stereocenters. The van der Waals surface area contributed by atoms with Crippen molar-refractivity contribution in [2.45, 2.75) is 44.2 Å². The molecule has 0 saturated heterocycles. The summed E-state index contributed by atoms with van der Waals surface area (Å²) in [6, 6.07) is -0.510.